The lowest BCUT2D eigenvalue weighted by Gasteiger charge is -2.33. The molecule has 0 saturated carbocycles. The van der Waals surface area contributed by atoms with Crippen LogP contribution in [0.5, 0.6) is 0 Å². The van der Waals surface area contributed by atoms with Crippen molar-refractivity contribution in [3.8, 4) is 0 Å². The van der Waals surface area contributed by atoms with Crippen LogP contribution in [-0.2, 0) is 14.6 Å². The number of sulfone groups is 1. The first-order valence-corrected chi connectivity index (χ1v) is 10.4. The zero-order chi connectivity index (χ0) is 18.6. The molecule has 2 rings (SSSR count). The van der Waals surface area contributed by atoms with Crippen molar-refractivity contribution in [2.75, 3.05) is 18.1 Å². The van der Waals surface area contributed by atoms with Crippen LogP contribution in [0.4, 0.5) is 0 Å². The molecule has 1 N–H and O–H groups in total. The Morgan fingerprint density at radius 2 is 2.12 bits per heavy atom. The molecule has 0 unspecified atom stereocenters. The summed E-state index contributed by atoms with van der Waals surface area (Å²) in [7, 11) is -3.09. The van der Waals surface area contributed by atoms with Crippen LogP contribution in [0.2, 0.25) is 0 Å². The topological polar surface area (TPSA) is 96.7 Å². The first-order valence-electron chi connectivity index (χ1n) is 8.60. The van der Waals surface area contributed by atoms with Crippen LogP contribution in [0.15, 0.2) is 22.8 Å². The fourth-order valence-corrected chi connectivity index (χ4v) is 4.78. The minimum atomic E-state index is -3.09. The highest BCUT2D eigenvalue weighted by Crippen LogP contribution is 2.20. The second-order valence-electron chi connectivity index (χ2n) is 6.76. The Bertz CT molecular complexity index is 697. The third kappa shape index (κ3) is 4.84. The second kappa shape index (κ2) is 8.03. The molecule has 2 amide bonds. The third-order valence-electron chi connectivity index (χ3n) is 4.36. The van der Waals surface area contributed by atoms with Gasteiger partial charge in [-0.25, -0.2) is 8.42 Å². The summed E-state index contributed by atoms with van der Waals surface area (Å²) in [6.45, 7) is 6.11. The van der Waals surface area contributed by atoms with Crippen molar-refractivity contribution in [2.24, 2.45) is 5.92 Å². The number of nitrogens with zero attached hydrogens (tertiary/aromatic N) is 1. The lowest BCUT2D eigenvalue weighted by Crippen LogP contribution is -2.54. The summed E-state index contributed by atoms with van der Waals surface area (Å²) < 4.78 is 28.7. The maximum atomic E-state index is 13.1. The molecule has 0 aromatic carbocycles. The Morgan fingerprint density at radius 3 is 2.60 bits per heavy atom. The van der Waals surface area contributed by atoms with E-state index in [4.69, 9.17) is 4.42 Å². The first kappa shape index (κ1) is 19.5. The number of carbonyl (C=O) groups excluding carboxylic acids is 2. The Kier molecular flexibility index (Phi) is 6.26. The van der Waals surface area contributed by atoms with Crippen molar-refractivity contribution < 1.29 is 22.4 Å². The van der Waals surface area contributed by atoms with Gasteiger partial charge in [0.05, 0.1) is 17.8 Å². The molecule has 8 heteroatoms. The minimum Gasteiger partial charge on any atom is -0.459 e. The van der Waals surface area contributed by atoms with E-state index in [0.717, 1.165) is 6.42 Å². The molecule has 7 nitrogen and oxygen atoms in total. The van der Waals surface area contributed by atoms with Crippen molar-refractivity contribution in [1.82, 2.24) is 10.2 Å². The molecule has 25 heavy (non-hydrogen) atoms. The summed E-state index contributed by atoms with van der Waals surface area (Å²) >= 11 is 0. The molecule has 1 aliphatic rings. The first-order chi connectivity index (χ1) is 11.7. The average molecular weight is 370 g/mol. The summed E-state index contributed by atoms with van der Waals surface area (Å²) in [5.41, 5.74) is 0. The standard InChI is InChI=1S/C17H26N2O5S/c1-4-8-19(13-7-10-25(22,23)11-13)17(21)15(12(2)3)18-16(20)14-6-5-9-24-14/h5-6,9,12-13,15H,4,7-8,10-11H2,1-3H3,(H,18,20)/t13-,15-/m1/s1. The van der Waals surface area contributed by atoms with E-state index in [2.05, 4.69) is 5.32 Å². The summed E-state index contributed by atoms with van der Waals surface area (Å²) in [6, 6.07) is 2.09. The van der Waals surface area contributed by atoms with Crippen molar-refractivity contribution in [3.63, 3.8) is 0 Å². The molecule has 2 atom stereocenters. The molecule has 1 aromatic rings. The van der Waals surface area contributed by atoms with E-state index < -0.39 is 21.8 Å². The summed E-state index contributed by atoms with van der Waals surface area (Å²) in [6.07, 6.45) is 2.57. The summed E-state index contributed by atoms with van der Waals surface area (Å²) in [5, 5.41) is 2.73. The Labute approximate surface area is 148 Å². The number of carbonyl (C=O) groups is 2. The van der Waals surface area contributed by atoms with Gasteiger partial charge in [-0.05, 0) is 30.9 Å². The van der Waals surface area contributed by atoms with E-state index in [1.54, 1.807) is 11.0 Å². The largest absolute Gasteiger partial charge is 0.459 e. The Hall–Kier alpha value is -1.83. The van der Waals surface area contributed by atoms with E-state index in [-0.39, 0.29) is 35.1 Å². The van der Waals surface area contributed by atoms with Gasteiger partial charge in [0.15, 0.2) is 15.6 Å². The minimum absolute atomic E-state index is 0.00428. The summed E-state index contributed by atoms with van der Waals surface area (Å²) in [4.78, 5) is 26.9. The quantitative estimate of drug-likeness (QED) is 0.784. The number of furan rings is 1. The highest BCUT2D eigenvalue weighted by atomic mass is 32.2. The predicted octanol–water partition coefficient (Wildman–Crippen LogP) is 1.46. The van der Waals surface area contributed by atoms with Gasteiger partial charge < -0.3 is 14.6 Å². The number of hydrogen-bond donors (Lipinski definition) is 1. The molecule has 2 heterocycles. The van der Waals surface area contributed by atoms with Crippen LogP contribution < -0.4 is 5.32 Å². The van der Waals surface area contributed by atoms with Gasteiger partial charge in [-0.2, -0.15) is 0 Å². The number of rotatable bonds is 7. The molecule has 0 spiro atoms. The van der Waals surface area contributed by atoms with E-state index >= 15 is 0 Å². The highest BCUT2D eigenvalue weighted by molar-refractivity contribution is 7.91. The van der Waals surface area contributed by atoms with Gasteiger partial charge in [-0.1, -0.05) is 20.8 Å². The van der Waals surface area contributed by atoms with Crippen molar-refractivity contribution in [3.05, 3.63) is 24.2 Å². The monoisotopic (exact) mass is 370 g/mol. The summed E-state index contributed by atoms with van der Waals surface area (Å²) in [5.74, 6) is -0.578. The SMILES string of the molecule is CCCN(C(=O)[C@H](NC(=O)c1ccco1)C(C)C)[C@@H]1CCS(=O)(=O)C1. The van der Waals surface area contributed by atoms with E-state index in [0.29, 0.717) is 13.0 Å². The molecule has 1 aromatic heterocycles. The third-order valence-corrected chi connectivity index (χ3v) is 6.11. The van der Waals surface area contributed by atoms with Crippen LogP contribution in [0.1, 0.15) is 44.2 Å². The van der Waals surface area contributed by atoms with Crippen LogP contribution in [0, 0.1) is 5.92 Å². The van der Waals surface area contributed by atoms with Gasteiger partial charge in [-0.15, -0.1) is 0 Å². The second-order valence-corrected chi connectivity index (χ2v) is 8.99. The molecular formula is C17H26N2O5S. The fourth-order valence-electron chi connectivity index (χ4n) is 3.05. The molecule has 1 aliphatic heterocycles. The molecular weight excluding hydrogens is 344 g/mol. The average Bonchev–Trinajstić information content (AvgIpc) is 3.18. The van der Waals surface area contributed by atoms with E-state index in [9.17, 15) is 18.0 Å². The van der Waals surface area contributed by atoms with Gasteiger partial charge in [0.1, 0.15) is 6.04 Å². The van der Waals surface area contributed by atoms with Gasteiger partial charge in [0, 0.05) is 12.6 Å². The van der Waals surface area contributed by atoms with Crippen LogP contribution in [0.25, 0.3) is 0 Å². The van der Waals surface area contributed by atoms with Crippen LogP contribution in [0.3, 0.4) is 0 Å². The van der Waals surface area contributed by atoms with Gasteiger partial charge in [-0.3, -0.25) is 9.59 Å². The maximum absolute atomic E-state index is 13.1. The van der Waals surface area contributed by atoms with Gasteiger partial charge in [0.25, 0.3) is 5.91 Å². The smallest absolute Gasteiger partial charge is 0.287 e. The maximum Gasteiger partial charge on any atom is 0.287 e. The van der Waals surface area contributed by atoms with Crippen molar-refractivity contribution in [2.45, 2.75) is 45.7 Å². The van der Waals surface area contributed by atoms with E-state index in [1.807, 2.05) is 20.8 Å². The number of nitrogens with one attached hydrogen (secondary N) is 1. The highest BCUT2D eigenvalue weighted by Gasteiger charge is 2.38. The fraction of sp³-hybridized carbons (Fsp3) is 0.647. The normalized spacial score (nSPS) is 20.4. The zero-order valence-electron chi connectivity index (χ0n) is 14.9. The lowest BCUT2D eigenvalue weighted by molar-refractivity contribution is -0.136. The lowest BCUT2D eigenvalue weighted by atomic mass is 10.0. The van der Waals surface area contributed by atoms with Gasteiger partial charge in [0.2, 0.25) is 5.91 Å². The zero-order valence-corrected chi connectivity index (χ0v) is 15.7. The predicted molar refractivity (Wildman–Crippen MR) is 93.9 cm³/mol. The van der Waals surface area contributed by atoms with Crippen LogP contribution in [-0.4, -0.2) is 55.3 Å². The molecule has 140 valence electrons. The Morgan fingerprint density at radius 1 is 1.40 bits per heavy atom. The van der Waals surface area contributed by atoms with Crippen molar-refractivity contribution in [1.29, 1.82) is 0 Å². The molecule has 1 saturated heterocycles. The van der Waals surface area contributed by atoms with Gasteiger partial charge >= 0.3 is 0 Å². The van der Waals surface area contributed by atoms with Crippen molar-refractivity contribution >= 4 is 21.7 Å². The number of amides is 2. The molecule has 0 aliphatic carbocycles. The number of hydrogen-bond acceptors (Lipinski definition) is 5. The molecule has 0 bridgehead atoms. The Balaban J connectivity index is 2.16. The molecule has 1 fully saturated rings. The van der Waals surface area contributed by atoms with E-state index in [1.165, 1.54) is 12.3 Å². The molecule has 0 radical (unpaired) electrons. The van der Waals surface area contributed by atoms with Crippen LogP contribution >= 0.6 is 0 Å².